The quantitative estimate of drug-likeness (QED) is 0.695. The van der Waals surface area contributed by atoms with Gasteiger partial charge in [-0.25, -0.2) is 4.79 Å². The molecule has 0 aliphatic rings. The number of carbonyl (C=O) groups is 1. The lowest BCUT2D eigenvalue weighted by atomic mass is 9.96. The lowest BCUT2D eigenvalue weighted by molar-refractivity contribution is 0.0589. The van der Waals surface area contributed by atoms with Crippen LogP contribution in [-0.4, -0.2) is 24.8 Å². The van der Waals surface area contributed by atoms with E-state index in [2.05, 4.69) is 0 Å². The number of nitrogens with zero attached hydrogens (tertiary/aromatic N) is 1. The van der Waals surface area contributed by atoms with Crippen LogP contribution in [0.4, 0.5) is 0 Å². The summed E-state index contributed by atoms with van der Waals surface area (Å²) in [5, 5.41) is 1.17. The van der Waals surface area contributed by atoms with Crippen molar-refractivity contribution in [1.82, 2.24) is 4.57 Å². The summed E-state index contributed by atoms with van der Waals surface area (Å²) in [5.74, 6) is 0.0573. The molecule has 2 aromatic carbocycles. The molecule has 5 heteroatoms. The van der Waals surface area contributed by atoms with Crippen LogP contribution in [0.3, 0.4) is 0 Å². The van der Waals surface area contributed by atoms with E-state index in [1.165, 1.54) is 11.7 Å². The number of carbonyl (C=O) groups excluding carboxylic acids is 1. The van der Waals surface area contributed by atoms with Crippen molar-refractivity contribution >= 4 is 16.7 Å². The summed E-state index contributed by atoms with van der Waals surface area (Å²) in [6.45, 7) is 0. The fourth-order valence-electron chi connectivity index (χ4n) is 2.85. The topological polar surface area (TPSA) is 57.5 Å². The first-order chi connectivity index (χ1) is 11.6. The molecule has 0 amide bonds. The highest BCUT2D eigenvalue weighted by atomic mass is 16.5. The largest absolute Gasteiger partial charge is 0.497 e. The minimum atomic E-state index is -0.557. The molecule has 122 valence electrons. The Labute approximate surface area is 139 Å². The van der Waals surface area contributed by atoms with Crippen molar-refractivity contribution in [3.05, 3.63) is 64.6 Å². The molecule has 0 atom stereocenters. The molecule has 0 unspecified atom stereocenters. The lowest BCUT2D eigenvalue weighted by Crippen LogP contribution is -2.25. The highest BCUT2D eigenvalue weighted by molar-refractivity contribution is 6.07. The van der Waals surface area contributed by atoms with Crippen molar-refractivity contribution in [2.75, 3.05) is 14.2 Å². The summed E-state index contributed by atoms with van der Waals surface area (Å²) in [7, 11) is 4.44. The Kier molecular flexibility index (Phi) is 4.08. The molecule has 24 heavy (non-hydrogen) atoms. The third-order valence-electron chi connectivity index (χ3n) is 4.04. The van der Waals surface area contributed by atoms with Gasteiger partial charge in [0, 0.05) is 23.4 Å². The van der Waals surface area contributed by atoms with E-state index >= 15 is 0 Å². The summed E-state index contributed by atoms with van der Waals surface area (Å²) in [6, 6.07) is 14.7. The summed E-state index contributed by atoms with van der Waals surface area (Å²) in [5.41, 5.74) is 1.44. The van der Waals surface area contributed by atoms with Crippen molar-refractivity contribution in [3.8, 4) is 16.9 Å². The Morgan fingerprint density at radius 2 is 1.71 bits per heavy atom. The number of ether oxygens (including phenoxy) is 2. The van der Waals surface area contributed by atoms with Gasteiger partial charge in [-0.05, 0) is 23.8 Å². The fourth-order valence-corrected chi connectivity index (χ4v) is 2.85. The molecular weight excluding hydrogens is 306 g/mol. The van der Waals surface area contributed by atoms with Gasteiger partial charge in [0.1, 0.15) is 11.4 Å². The summed E-state index contributed by atoms with van der Waals surface area (Å²) < 4.78 is 11.5. The smallest absolute Gasteiger partial charge is 0.355 e. The van der Waals surface area contributed by atoms with Crippen molar-refractivity contribution < 1.29 is 14.3 Å². The SMILES string of the molecule is COC(=O)c1c(-c2ccccc2)c2cc(OC)ccc2c(=O)n1C. The second kappa shape index (κ2) is 6.20. The van der Waals surface area contributed by atoms with Crippen molar-refractivity contribution in [2.24, 2.45) is 7.05 Å². The highest BCUT2D eigenvalue weighted by Gasteiger charge is 2.22. The van der Waals surface area contributed by atoms with Crippen LogP contribution in [0, 0.1) is 0 Å². The number of hydrogen-bond acceptors (Lipinski definition) is 4. The Hall–Kier alpha value is -3.08. The van der Waals surface area contributed by atoms with Crippen LogP contribution >= 0.6 is 0 Å². The molecule has 0 fully saturated rings. The maximum absolute atomic E-state index is 12.7. The van der Waals surface area contributed by atoms with Gasteiger partial charge >= 0.3 is 5.97 Å². The first kappa shape index (κ1) is 15.8. The van der Waals surface area contributed by atoms with Gasteiger partial charge in [-0.1, -0.05) is 30.3 Å². The molecule has 5 nitrogen and oxygen atoms in total. The molecule has 1 aromatic heterocycles. The average Bonchev–Trinajstić information content (AvgIpc) is 2.64. The molecule has 0 aliphatic carbocycles. The molecule has 3 rings (SSSR count). The predicted octanol–water partition coefficient (Wildman–Crippen LogP) is 3.00. The zero-order valence-electron chi connectivity index (χ0n) is 13.7. The van der Waals surface area contributed by atoms with E-state index in [1.807, 2.05) is 30.3 Å². The van der Waals surface area contributed by atoms with Crippen molar-refractivity contribution in [1.29, 1.82) is 0 Å². The third kappa shape index (κ3) is 2.44. The predicted molar refractivity (Wildman–Crippen MR) is 92.5 cm³/mol. The lowest BCUT2D eigenvalue weighted by Gasteiger charge is -2.16. The molecule has 0 saturated heterocycles. The van der Waals surface area contributed by atoms with Crippen LogP contribution in [0.2, 0.25) is 0 Å². The van der Waals surface area contributed by atoms with Crippen LogP contribution in [-0.2, 0) is 11.8 Å². The molecule has 1 heterocycles. The van der Waals surface area contributed by atoms with E-state index in [9.17, 15) is 9.59 Å². The van der Waals surface area contributed by atoms with Gasteiger partial charge in [0.05, 0.1) is 14.2 Å². The number of methoxy groups -OCH3 is 2. The fraction of sp³-hybridized carbons (Fsp3) is 0.158. The van der Waals surface area contributed by atoms with E-state index in [0.717, 1.165) is 5.56 Å². The van der Waals surface area contributed by atoms with Gasteiger partial charge in [-0.15, -0.1) is 0 Å². The van der Waals surface area contributed by atoms with Gasteiger partial charge < -0.3 is 14.0 Å². The number of pyridine rings is 1. The number of aromatic nitrogens is 1. The number of esters is 1. The van der Waals surface area contributed by atoms with Gasteiger partial charge in [-0.3, -0.25) is 4.79 Å². The van der Waals surface area contributed by atoms with E-state index in [-0.39, 0.29) is 11.3 Å². The highest BCUT2D eigenvalue weighted by Crippen LogP contribution is 2.32. The average molecular weight is 323 g/mol. The zero-order chi connectivity index (χ0) is 17.3. The molecular formula is C19H17NO4. The molecule has 0 N–H and O–H groups in total. The summed E-state index contributed by atoms with van der Waals surface area (Å²) in [6.07, 6.45) is 0. The summed E-state index contributed by atoms with van der Waals surface area (Å²) >= 11 is 0. The van der Waals surface area contributed by atoms with E-state index in [1.54, 1.807) is 32.4 Å². The number of fused-ring (bicyclic) bond motifs is 1. The van der Waals surface area contributed by atoms with E-state index in [4.69, 9.17) is 9.47 Å². The molecule has 0 bridgehead atoms. The zero-order valence-corrected chi connectivity index (χ0v) is 13.7. The standard InChI is InChI=1S/C19H17NO4/c1-20-17(19(22)24-3)16(12-7-5-4-6-8-12)15-11-13(23-2)9-10-14(15)18(20)21/h4-11H,1-3H3. The Morgan fingerprint density at radius 1 is 1.00 bits per heavy atom. The van der Waals surface area contributed by atoms with E-state index in [0.29, 0.717) is 22.1 Å². The molecule has 0 saturated carbocycles. The Morgan fingerprint density at radius 3 is 2.33 bits per heavy atom. The van der Waals surface area contributed by atoms with Crippen molar-refractivity contribution in [3.63, 3.8) is 0 Å². The van der Waals surface area contributed by atoms with Gasteiger partial charge in [-0.2, -0.15) is 0 Å². The molecule has 3 aromatic rings. The van der Waals surface area contributed by atoms with Crippen LogP contribution in [0.1, 0.15) is 10.5 Å². The van der Waals surface area contributed by atoms with Crippen LogP contribution in [0.15, 0.2) is 53.3 Å². The maximum Gasteiger partial charge on any atom is 0.355 e. The molecule has 0 radical (unpaired) electrons. The monoisotopic (exact) mass is 323 g/mol. The maximum atomic E-state index is 12.7. The number of rotatable bonds is 3. The number of benzene rings is 2. The number of hydrogen-bond donors (Lipinski definition) is 0. The Balaban J connectivity index is 2.54. The van der Waals surface area contributed by atoms with Crippen LogP contribution in [0.25, 0.3) is 21.9 Å². The first-order valence-corrected chi connectivity index (χ1v) is 7.43. The molecule has 0 spiro atoms. The van der Waals surface area contributed by atoms with Crippen LogP contribution < -0.4 is 10.3 Å². The summed E-state index contributed by atoms with van der Waals surface area (Å²) in [4.78, 5) is 25.0. The normalized spacial score (nSPS) is 10.6. The minimum Gasteiger partial charge on any atom is -0.497 e. The first-order valence-electron chi connectivity index (χ1n) is 7.43. The van der Waals surface area contributed by atoms with Crippen molar-refractivity contribution in [2.45, 2.75) is 0 Å². The third-order valence-corrected chi connectivity index (χ3v) is 4.04. The second-order valence-corrected chi connectivity index (χ2v) is 5.36. The minimum absolute atomic E-state index is 0.217. The van der Waals surface area contributed by atoms with Gasteiger partial charge in [0.2, 0.25) is 0 Å². The van der Waals surface area contributed by atoms with Crippen LogP contribution in [0.5, 0.6) is 5.75 Å². The second-order valence-electron chi connectivity index (χ2n) is 5.36. The van der Waals surface area contributed by atoms with Gasteiger partial charge in [0.25, 0.3) is 5.56 Å². The van der Waals surface area contributed by atoms with E-state index < -0.39 is 5.97 Å². The van der Waals surface area contributed by atoms with Gasteiger partial charge in [0.15, 0.2) is 0 Å². The Bertz CT molecular complexity index is 974. The molecule has 0 aliphatic heterocycles.